The molecule has 1 aromatic heterocycles. The lowest BCUT2D eigenvalue weighted by atomic mass is 10.0. The van der Waals surface area contributed by atoms with E-state index in [1.54, 1.807) is 18.6 Å². The minimum Gasteiger partial charge on any atom is -0.368 e. The summed E-state index contributed by atoms with van der Waals surface area (Å²) in [4.78, 5) is 31.4. The molecule has 0 aliphatic carbocycles. The van der Waals surface area contributed by atoms with Gasteiger partial charge in [0.1, 0.15) is 11.7 Å². The molecule has 125 valence electrons. The van der Waals surface area contributed by atoms with Gasteiger partial charge in [0, 0.05) is 11.6 Å². The second-order valence-corrected chi connectivity index (χ2v) is 7.28. The first kappa shape index (κ1) is 16.9. The van der Waals surface area contributed by atoms with E-state index in [1.165, 1.54) is 16.2 Å². The fraction of sp³-hybridized carbons (Fsp3) is 0.294. The molecule has 1 fully saturated rings. The zero-order chi connectivity index (χ0) is 17.3. The Balaban J connectivity index is 2.00. The third-order valence-electron chi connectivity index (χ3n) is 3.90. The number of carbonyl (C=O) groups is 2. The molecule has 1 atom stereocenters. The lowest BCUT2D eigenvalue weighted by Gasteiger charge is -2.33. The van der Waals surface area contributed by atoms with Crippen molar-refractivity contribution in [2.24, 2.45) is 5.73 Å². The van der Waals surface area contributed by atoms with Crippen LogP contribution in [0.5, 0.6) is 0 Å². The number of hydrogen-bond acceptors (Lipinski definition) is 4. The predicted octanol–water partition coefficient (Wildman–Crippen LogP) is 3.07. The summed E-state index contributed by atoms with van der Waals surface area (Å²) < 4.78 is 0. The van der Waals surface area contributed by atoms with Gasteiger partial charge in [0.15, 0.2) is 0 Å². The van der Waals surface area contributed by atoms with Crippen molar-refractivity contribution in [3.05, 3.63) is 46.4 Å². The van der Waals surface area contributed by atoms with E-state index >= 15 is 0 Å². The van der Waals surface area contributed by atoms with Gasteiger partial charge in [-0.3, -0.25) is 9.59 Å². The Morgan fingerprint density at radius 2 is 2.21 bits per heavy atom. The van der Waals surface area contributed by atoms with Gasteiger partial charge in [0.2, 0.25) is 5.91 Å². The van der Waals surface area contributed by atoms with Gasteiger partial charge < -0.3 is 10.6 Å². The van der Waals surface area contributed by atoms with Gasteiger partial charge in [-0.25, -0.2) is 4.98 Å². The van der Waals surface area contributed by atoms with Crippen LogP contribution in [0.15, 0.2) is 24.3 Å². The number of likely N-dealkylation sites (tertiary alicyclic amines) is 1. The molecule has 1 aromatic carbocycles. The molecule has 1 unspecified atom stereocenters. The second-order valence-electron chi connectivity index (χ2n) is 5.64. The van der Waals surface area contributed by atoms with E-state index in [-0.39, 0.29) is 5.91 Å². The number of thiazole rings is 1. The van der Waals surface area contributed by atoms with Crippen LogP contribution in [0.1, 0.15) is 28.3 Å². The van der Waals surface area contributed by atoms with Crippen molar-refractivity contribution in [2.45, 2.75) is 25.8 Å². The summed E-state index contributed by atoms with van der Waals surface area (Å²) in [5.41, 5.74) is 6.64. The molecule has 2 aromatic rings. The van der Waals surface area contributed by atoms with Crippen molar-refractivity contribution >= 4 is 34.8 Å². The monoisotopic (exact) mass is 362 g/mol. The number of halogens is 1. The number of amides is 2. The van der Waals surface area contributed by atoms with Gasteiger partial charge in [0.05, 0.1) is 9.88 Å². The van der Waals surface area contributed by atoms with Crippen LogP contribution >= 0.6 is 22.9 Å². The summed E-state index contributed by atoms with van der Waals surface area (Å²) in [5.74, 6) is -0.784. The highest BCUT2D eigenvalue weighted by Crippen LogP contribution is 2.33. The molecule has 1 saturated heterocycles. The Kier molecular flexibility index (Phi) is 4.87. The van der Waals surface area contributed by atoms with Crippen LogP contribution in [0, 0.1) is 13.3 Å². The van der Waals surface area contributed by atoms with E-state index < -0.39 is 11.9 Å². The molecule has 3 rings (SSSR count). The number of primary amides is 1. The molecule has 2 N–H and O–H groups in total. The first-order valence-electron chi connectivity index (χ1n) is 7.64. The van der Waals surface area contributed by atoms with Gasteiger partial charge in [-0.05, 0) is 43.9 Å². The molecule has 1 aliphatic heterocycles. The molecule has 2 heterocycles. The number of nitrogens with two attached hydrogens (primary N) is 1. The maximum Gasteiger partial charge on any atom is 0.274 e. The van der Waals surface area contributed by atoms with Gasteiger partial charge in [-0.15, -0.1) is 11.3 Å². The Hall–Kier alpha value is -1.92. The van der Waals surface area contributed by atoms with Crippen molar-refractivity contribution in [1.29, 1.82) is 0 Å². The van der Waals surface area contributed by atoms with Gasteiger partial charge >= 0.3 is 0 Å². The molecular weight excluding hydrogens is 346 g/mol. The predicted molar refractivity (Wildman–Crippen MR) is 94.8 cm³/mol. The molecule has 2 amide bonds. The SMILES string of the molecule is Cc1nc(C(=O)N2CCC[CH]C2C(N)=O)c(-c2cccc(Cl)c2)s1. The summed E-state index contributed by atoms with van der Waals surface area (Å²) >= 11 is 7.50. The van der Waals surface area contributed by atoms with Crippen LogP contribution in [0.4, 0.5) is 0 Å². The standard InChI is InChI=1S/C17H17ClN3O2S/c1-10-20-14(15(24-10)11-5-4-6-12(18)9-11)17(23)21-8-3-2-7-13(21)16(19)22/h4-7,9,13H,2-3,8H2,1H3,(H2,19,22). The molecule has 5 nitrogen and oxygen atoms in total. The number of hydrogen-bond donors (Lipinski definition) is 1. The number of rotatable bonds is 3. The minimum absolute atomic E-state index is 0.269. The van der Waals surface area contributed by atoms with E-state index in [0.29, 0.717) is 17.3 Å². The van der Waals surface area contributed by atoms with Crippen LogP contribution in [0.2, 0.25) is 5.02 Å². The molecule has 0 bridgehead atoms. The first-order chi connectivity index (χ1) is 11.5. The summed E-state index contributed by atoms with van der Waals surface area (Å²) in [6, 6.07) is 6.63. The molecule has 7 heteroatoms. The molecule has 1 radical (unpaired) electrons. The summed E-state index contributed by atoms with van der Waals surface area (Å²) in [7, 11) is 0. The molecule has 0 spiro atoms. The van der Waals surface area contributed by atoms with E-state index in [4.69, 9.17) is 17.3 Å². The van der Waals surface area contributed by atoms with Gasteiger partial charge in [0.25, 0.3) is 5.91 Å². The van der Waals surface area contributed by atoms with Crippen molar-refractivity contribution < 1.29 is 9.59 Å². The van der Waals surface area contributed by atoms with E-state index in [2.05, 4.69) is 4.98 Å². The average Bonchev–Trinajstić information content (AvgIpc) is 2.96. The number of nitrogens with zero attached hydrogens (tertiary/aromatic N) is 2. The van der Waals surface area contributed by atoms with E-state index in [0.717, 1.165) is 28.3 Å². The van der Waals surface area contributed by atoms with Gasteiger partial charge in [-0.1, -0.05) is 23.7 Å². The Morgan fingerprint density at radius 1 is 1.42 bits per heavy atom. The zero-order valence-corrected chi connectivity index (χ0v) is 14.7. The quantitative estimate of drug-likeness (QED) is 0.911. The molecule has 24 heavy (non-hydrogen) atoms. The number of benzene rings is 1. The number of aromatic nitrogens is 1. The topological polar surface area (TPSA) is 76.3 Å². The third kappa shape index (κ3) is 3.30. The first-order valence-corrected chi connectivity index (χ1v) is 8.84. The second kappa shape index (κ2) is 6.91. The summed E-state index contributed by atoms with van der Waals surface area (Å²) in [6.07, 6.45) is 3.38. The Bertz CT molecular complexity index is 790. The number of piperidine rings is 1. The van der Waals surface area contributed by atoms with Crippen LogP contribution < -0.4 is 5.73 Å². The van der Waals surface area contributed by atoms with E-state index in [1.807, 2.05) is 19.1 Å². The normalized spacial score (nSPS) is 17.8. The van der Waals surface area contributed by atoms with Crippen molar-refractivity contribution in [3.8, 4) is 10.4 Å². The van der Waals surface area contributed by atoms with E-state index in [9.17, 15) is 9.59 Å². The van der Waals surface area contributed by atoms with Crippen LogP contribution in [-0.4, -0.2) is 34.3 Å². The zero-order valence-electron chi connectivity index (χ0n) is 13.2. The fourth-order valence-corrected chi connectivity index (χ4v) is 3.93. The number of carbonyl (C=O) groups excluding carboxylic acids is 2. The van der Waals surface area contributed by atoms with Crippen molar-refractivity contribution in [3.63, 3.8) is 0 Å². The largest absolute Gasteiger partial charge is 0.368 e. The Morgan fingerprint density at radius 3 is 2.92 bits per heavy atom. The smallest absolute Gasteiger partial charge is 0.274 e. The van der Waals surface area contributed by atoms with Gasteiger partial charge in [-0.2, -0.15) is 0 Å². The summed E-state index contributed by atoms with van der Waals surface area (Å²) in [6.45, 7) is 2.35. The fourth-order valence-electron chi connectivity index (χ4n) is 2.83. The van der Waals surface area contributed by atoms with Crippen LogP contribution in [-0.2, 0) is 4.79 Å². The van der Waals surface area contributed by atoms with Crippen molar-refractivity contribution in [2.75, 3.05) is 6.54 Å². The highest BCUT2D eigenvalue weighted by molar-refractivity contribution is 7.15. The lowest BCUT2D eigenvalue weighted by molar-refractivity contribution is -0.121. The van der Waals surface area contributed by atoms with Crippen LogP contribution in [0.25, 0.3) is 10.4 Å². The van der Waals surface area contributed by atoms with Crippen LogP contribution in [0.3, 0.4) is 0 Å². The highest BCUT2D eigenvalue weighted by atomic mass is 35.5. The molecular formula is C17H17ClN3O2S. The maximum atomic E-state index is 13.0. The summed E-state index contributed by atoms with van der Waals surface area (Å²) in [5, 5.41) is 1.38. The maximum absolute atomic E-state index is 13.0. The lowest BCUT2D eigenvalue weighted by Crippen LogP contribution is -2.51. The average molecular weight is 363 g/mol. The minimum atomic E-state index is -0.680. The molecule has 0 saturated carbocycles. The van der Waals surface area contributed by atoms with Crippen molar-refractivity contribution in [1.82, 2.24) is 9.88 Å². The Labute approximate surface area is 149 Å². The molecule has 1 aliphatic rings. The third-order valence-corrected chi connectivity index (χ3v) is 5.16. The number of aryl methyl sites for hydroxylation is 1. The highest BCUT2D eigenvalue weighted by Gasteiger charge is 2.33.